The normalized spacial score (nSPS) is 13.0. The molecule has 2 aromatic rings. The molecule has 1 heterocycles. The highest BCUT2D eigenvalue weighted by Crippen LogP contribution is 2.33. The van der Waals surface area contributed by atoms with Gasteiger partial charge in [-0.1, -0.05) is 19.1 Å². The molecule has 0 bridgehead atoms. The second-order valence-electron chi connectivity index (χ2n) is 6.53. The number of hydrogen-bond donors (Lipinski definition) is 0. The number of benzene rings is 2. The lowest BCUT2D eigenvalue weighted by atomic mass is 10.1. The van der Waals surface area contributed by atoms with Gasteiger partial charge in [0.15, 0.2) is 11.5 Å². The molecule has 0 saturated heterocycles. The van der Waals surface area contributed by atoms with Crippen molar-refractivity contribution in [2.24, 2.45) is 5.92 Å². The van der Waals surface area contributed by atoms with Crippen molar-refractivity contribution in [3.63, 3.8) is 0 Å². The van der Waals surface area contributed by atoms with Crippen LogP contribution in [0, 0.1) is 5.92 Å². The van der Waals surface area contributed by atoms with E-state index in [-0.39, 0.29) is 25.2 Å². The van der Waals surface area contributed by atoms with Crippen LogP contribution in [0.4, 0.5) is 0 Å². The van der Waals surface area contributed by atoms with Crippen LogP contribution in [-0.4, -0.2) is 44.3 Å². The lowest BCUT2D eigenvalue weighted by Gasteiger charge is -2.25. The van der Waals surface area contributed by atoms with Gasteiger partial charge in [-0.2, -0.15) is 0 Å². The number of rotatable bonds is 7. The second-order valence-corrected chi connectivity index (χ2v) is 6.53. The minimum absolute atomic E-state index is 0.185. The molecule has 1 aliphatic rings. The summed E-state index contributed by atoms with van der Waals surface area (Å²) >= 11 is 0. The molecule has 0 fully saturated rings. The van der Waals surface area contributed by atoms with Crippen LogP contribution >= 0.6 is 0 Å². The molecular formula is C21H23NO6. The summed E-state index contributed by atoms with van der Waals surface area (Å²) in [5, 5.41) is 0. The quantitative estimate of drug-likeness (QED) is 0.683. The van der Waals surface area contributed by atoms with Crippen LogP contribution in [0.5, 0.6) is 17.2 Å². The Kier molecular flexibility index (Phi) is 6.03. The SMILES string of the molecule is COC(=O)C(C)CN(Cc1ccc2c(c1)OCO2)C(=O)c1cccc(OC)c1. The van der Waals surface area contributed by atoms with E-state index in [0.717, 1.165) is 5.56 Å². The van der Waals surface area contributed by atoms with E-state index >= 15 is 0 Å². The van der Waals surface area contributed by atoms with Gasteiger partial charge in [0.1, 0.15) is 5.75 Å². The molecule has 0 aliphatic carbocycles. The van der Waals surface area contributed by atoms with Crippen LogP contribution in [0.25, 0.3) is 0 Å². The highest BCUT2D eigenvalue weighted by molar-refractivity contribution is 5.94. The molecule has 0 aromatic heterocycles. The standard InChI is InChI=1S/C21H23NO6/c1-14(21(24)26-3)11-22(20(23)16-5-4-6-17(10-16)25-2)12-15-7-8-18-19(9-15)28-13-27-18/h4-10,14H,11-13H2,1-3H3. The summed E-state index contributed by atoms with van der Waals surface area (Å²) in [6, 6.07) is 12.5. The fourth-order valence-electron chi connectivity index (χ4n) is 3.02. The summed E-state index contributed by atoms with van der Waals surface area (Å²) in [5.74, 6) is 0.884. The maximum absolute atomic E-state index is 13.2. The molecule has 1 atom stereocenters. The Morgan fingerprint density at radius 3 is 2.64 bits per heavy atom. The van der Waals surface area contributed by atoms with Crippen LogP contribution in [0.1, 0.15) is 22.8 Å². The van der Waals surface area contributed by atoms with Crippen molar-refractivity contribution in [3.8, 4) is 17.2 Å². The third kappa shape index (κ3) is 4.36. The zero-order valence-corrected chi connectivity index (χ0v) is 16.1. The first-order valence-corrected chi connectivity index (χ1v) is 8.91. The Balaban J connectivity index is 1.85. The Labute approximate surface area is 163 Å². The lowest BCUT2D eigenvalue weighted by Crippen LogP contribution is -2.36. The van der Waals surface area contributed by atoms with Gasteiger partial charge in [-0.25, -0.2) is 0 Å². The third-order valence-corrected chi connectivity index (χ3v) is 4.51. The monoisotopic (exact) mass is 385 g/mol. The van der Waals surface area contributed by atoms with E-state index in [1.54, 1.807) is 43.2 Å². The average Bonchev–Trinajstić information content (AvgIpc) is 3.19. The van der Waals surface area contributed by atoms with E-state index in [1.165, 1.54) is 7.11 Å². The first-order valence-electron chi connectivity index (χ1n) is 8.91. The van der Waals surface area contributed by atoms with Gasteiger partial charge in [-0.05, 0) is 35.9 Å². The van der Waals surface area contributed by atoms with Gasteiger partial charge < -0.3 is 23.8 Å². The summed E-state index contributed by atoms with van der Waals surface area (Å²) in [7, 11) is 2.89. The zero-order chi connectivity index (χ0) is 20.1. The minimum atomic E-state index is -0.464. The lowest BCUT2D eigenvalue weighted by molar-refractivity contribution is -0.145. The molecule has 7 heteroatoms. The molecule has 2 aromatic carbocycles. The largest absolute Gasteiger partial charge is 0.497 e. The molecule has 0 saturated carbocycles. The number of carbonyl (C=O) groups is 2. The minimum Gasteiger partial charge on any atom is -0.497 e. The zero-order valence-electron chi connectivity index (χ0n) is 16.1. The summed E-state index contributed by atoms with van der Waals surface area (Å²) in [6.45, 7) is 2.45. The van der Waals surface area contributed by atoms with E-state index in [4.69, 9.17) is 18.9 Å². The summed E-state index contributed by atoms with van der Waals surface area (Å²) in [6.07, 6.45) is 0. The van der Waals surface area contributed by atoms with Crippen molar-refractivity contribution in [3.05, 3.63) is 53.6 Å². The highest BCUT2D eigenvalue weighted by atomic mass is 16.7. The van der Waals surface area contributed by atoms with Gasteiger partial charge in [0, 0.05) is 18.7 Å². The van der Waals surface area contributed by atoms with Gasteiger partial charge in [-0.15, -0.1) is 0 Å². The average molecular weight is 385 g/mol. The first kappa shape index (κ1) is 19.5. The molecular weight excluding hydrogens is 362 g/mol. The number of nitrogens with zero attached hydrogens (tertiary/aromatic N) is 1. The molecule has 3 rings (SSSR count). The number of fused-ring (bicyclic) bond motifs is 1. The molecule has 1 unspecified atom stereocenters. The van der Waals surface area contributed by atoms with E-state index in [9.17, 15) is 9.59 Å². The number of amides is 1. The molecule has 1 amide bonds. The maximum atomic E-state index is 13.2. The smallest absolute Gasteiger partial charge is 0.310 e. The molecule has 7 nitrogen and oxygen atoms in total. The summed E-state index contributed by atoms with van der Waals surface area (Å²) < 4.78 is 20.8. The van der Waals surface area contributed by atoms with Crippen molar-refractivity contribution in [1.29, 1.82) is 0 Å². The second kappa shape index (κ2) is 8.65. The van der Waals surface area contributed by atoms with Crippen LogP contribution in [0.2, 0.25) is 0 Å². The van der Waals surface area contributed by atoms with Gasteiger partial charge >= 0.3 is 5.97 Å². The van der Waals surface area contributed by atoms with E-state index in [0.29, 0.717) is 29.4 Å². The number of ether oxygens (including phenoxy) is 4. The molecule has 0 spiro atoms. The highest BCUT2D eigenvalue weighted by Gasteiger charge is 2.24. The molecule has 0 N–H and O–H groups in total. The maximum Gasteiger partial charge on any atom is 0.310 e. The predicted octanol–water partition coefficient (Wildman–Crippen LogP) is 2.88. The van der Waals surface area contributed by atoms with Crippen molar-refractivity contribution < 1.29 is 28.5 Å². The van der Waals surface area contributed by atoms with Gasteiger partial charge in [0.2, 0.25) is 6.79 Å². The number of hydrogen-bond acceptors (Lipinski definition) is 6. The molecule has 0 radical (unpaired) electrons. The predicted molar refractivity (Wildman–Crippen MR) is 101 cm³/mol. The first-order chi connectivity index (χ1) is 13.5. The molecule has 148 valence electrons. The van der Waals surface area contributed by atoms with Crippen LogP contribution in [-0.2, 0) is 16.1 Å². The Hall–Kier alpha value is -3.22. The summed E-state index contributed by atoms with van der Waals surface area (Å²) in [4.78, 5) is 26.7. The number of carbonyl (C=O) groups excluding carboxylic acids is 2. The Morgan fingerprint density at radius 1 is 1.11 bits per heavy atom. The van der Waals surface area contributed by atoms with Crippen LogP contribution < -0.4 is 14.2 Å². The topological polar surface area (TPSA) is 74.3 Å². The van der Waals surface area contributed by atoms with Gasteiger partial charge in [0.05, 0.1) is 20.1 Å². The van der Waals surface area contributed by atoms with Crippen LogP contribution in [0.3, 0.4) is 0 Å². The third-order valence-electron chi connectivity index (χ3n) is 4.51. The molecule has 1 aliphatic heterocycles. The number of methoxy groups -OCH3 is 2. The fraction of sp³-hybridized carbons (Fsp3) is 0.333. The van der Waals surface area contributed by atoms with Crippen molar-refractivity contribution >= 4 is 11.9 Å². The van der Waals surface area contributed by atoms with Crippen LogP contribution in [0.15, 0.2) is 42.5 Å². The number of esters is 1. The Morgan fingerprint density at radius 2 is 1.89 bits per heavy atom. The van der Waals surface area contributed by atoms with Gasteiger partial charge in [-0.3, -0.25) is 9.59 Å². The Bertz CT molecular complexity index is 866. The van der Waals surface area contributed by atoms with Crippen molar-refractivity contribution in [2.45, 2.75) is 13.5 Å². The van der Waals surface area contributed by atoms with Crippen molar-refractivity contribution in [2.75, 3.05) is 27.6 Å². The fourth-order valence-corrected chi connectivity index (χ4v) is 3.02. The molecule has 28 heavy (non-hydrogen) atoms. The van der Waals surface area contributed by atoms with E-state index in [1.807, 2.05) is 18.2 Å². The van der Waals surface area contributed by atoms with Gasteiger partial charge in [0.25, 0.3) is 5.91 Å². The van der Waals surface area contributed by atoms with Crippen molar-refractivity contribution in [1.82, 2.24) is 4.90 Å². The summed E-state index contributed by atoms with van der Waals surface area (Å²) in [5.41, 5.74) is 1.36. The van der Waals surface area contributed by atoms with E-state index < -0.39 is 5.92 Å². The van der Waals surface area contributed by atoms with E-state index in [2.05, 4.69) is 0 Å².